The number of amides is 1. The van der Waals surface area contributed by atoms with Crippen molar-refractivity contribution in [3.8, 4) is 5.69 Å². The Bertz CT molecular complexity index is 1050. The van der Waals surface area contributed by atoms with Crippen molar-refractivity contribution in [2.75, 3.05) is 24.3 Å². The van der Waals surface area contributed by atoms with Crippen LogP contribution in [0, 0.1) is 0 Å². The number of carbonyl (C=O) groups excluding carboxylic acids is 1. The minimum absolute atomic E-state index is 0.187. The number of aromatic nitrogens is 4. The molecule has 4 rings (SSSR count). The third-order valence-electron chi connectivity index (χ3n) is 4.13. The van der Waals surface area contributed by atoms with E-state index in [1.54, 1.807) is 30.9 Å². The fourth-order valence-corrected chi connectivity index (χ4v) is 2.70. The minimum atomic E-state index is -0.187. The number of benzene rings is 1. The van der Waals surface area contributed by atoms with E-state index in [1.807, 2.05) is 64.6 Å². The fraction of sp³-hybridized carbons (Fsp3) is 0.105. The van der Waals surface area contributed by atoms with Gasteiger partial charge in [0.25, 0.3) is 5.91 Å². The van der Waals surface area contributed by atoms with E-state index in [0.717, 1.165) is 17.0 Å². The van der Waals surface area contributed by atoms with E-state index in [9.17, 15) is 4.79 Å². The lowest BCUT2D eigenvalue weighted by Gasteiger charge is -2.12. The lowest BCUT2D eigenvalue weighted by atomic mass is 10.2. The summed E-state index contributed by atoms with van der Waals surface area (Å²) in [4.78, 5) is 22.9. The van der Waals surface area contributed by atoms with Crippen molar-refractivity contribution in [3.63, 3.8) is 0 Å². The standard InChI is InChI=1S/C19H18N6O/c1-23(2)15-5-3-14(4-6-15)19(26)22-17-12-25-11-16(7-8-18(25)21-17)24-10-9-20-13-24/h3-13H,1-2H3,(H,22,26). The molecule has 130 valence electrons. The molecule has 7 nitrogen and oxygen atoms in total. The summed E-state index contributed by atoms with van der Waals surface area (Å²) in [6, 6.07) is 11.3. The molecule has 0 radical (unpaired) electrons. The zero-order valence-electron chi connectivity index (χ0n) is 14.5. The molecule has 7 heteroatoms. The van der Waals surface area contributed by atoms with E-state index in [2.05, 4.69) is 15.3 Å². The van der Waals surface area contributed by atoms with Crippen LogP contribution >= 0.6 is 0 Å². The van der Waals surface area contributed by atoms with Gasteiger partial charge in [0.05, 0.1) is 18.2 Å². The summed E-state index contributed by atoms with van der Waals surface area (Å²) in [6.07, 6.45) is 9.06. The lowest BCUT2D eigenvalue weighted by molar-refractivity contribution is 0.102. The second kappa shape index (κ2) is 6.36. The molecule has 26 heavy (non-hydrogen) atoms. The number of imidazole rings is 2. The van der Waals surface area contributed by atoms with Gasteiger partial charge >= 0.3 is 0 Å². The Labute approximate surface area is 150 Å². The van der Waals surface area contributed by atoms with Crippen LogP contribution in [0.4, 0.5) is 11.5 Å². The van der Waals surface area contributed by atoms with E-state index in [1.165, 1.54) is 0 Å². The fourth-order valence-electron chi connectivity index (χ4n) is 2.70. The van der Waals surface area contributed by atoms with E-state index < -0.39 is 0 Å². The van der Waals surface area contributed by atoms with Gasteiger partial charge in [0.2, 0.25) is 0 Å². The van der Waals surface area contributed by atoms with Crippen LogP contribution in [0.1, 0.15) is 10.4 Å². The van der Waals surface area contributed by atoms with Gasteiger partial charge in [-0.15, -0.1) is 0 Å². The third kappa shape index (κ3) is 3.02. The van der Waals surface area contributed by atoms with Gasteiger partial charge in [-0.25, -0.2) is 9.97 Å². The monoisotopic (exact) mass is 346 g/mol. The Kier molecular flexibility index (Phi) is 3.89. The summed E-state index contributed by atoms with van der Waals surface area (Å²) in [7, 11) is 3.92. The van der Waals surface area contributed by atoms with Crippen molar-refractivity contribution in [2.24, 2.45) is 0 Å². The van der Waals surface area contributed by atoms with Crippen molar-refractivity contribution in [1.82, 2.24) is 18.9 Å². The molecular weight excluding hydrogens is 328 g/mol. The molecule has 3 aromatic heterocycles. The highest BCUT2D eigenvalue weighted by molar-refractivity contribution is 6.04. The molecule has 0 bridgehead atoms. The first-order valence-corrected chi connectivity index (χ1v) is 8.16. The van der Waals surface area contributed by atoms with Crippen LogP contribution < -0.4 is 10.2 Å². The number of pyridine rings is 1. The number of anilines is 2. The molecule has 3 heterocycles. The molecule has 0 aliphatic carbocycles. The van der Waals surface area contributed by atoms with E-state index in [-0.39, 0.29) is 5.91 Å². The van der Waals surface area contributed by atoms with Gasteiger partial charge in [0, 0.05) is 43.9 Å². The van der Waals surface area contributed by atoms with Crippen LogP contribution in [0.3, 0.4) is 0 Å². The summed E-state index contributed by atoms with van der Waals surface area (Å²) >= 11 is 0. The maximum absolute atomic E-state index is 12.4. The average Bonchev–Trinajstić information content (AvgIpc) is 3.30. The normalized spacial score (nSPS) is 10.8. The van der Waals surface area contributed by atoms with Crippen molar-refractivity contribution < 1.29 is 4.79 Å². The molecule has 1 amide bonds. The molecular formula is C19H18N6O. The van der Waals surface area contributed by atoms with Gasteiger partial charge in [-0.05, 0) is 36.4 Å². The van der Waals surface area contributed by atoms with Gasteiger partial charge in [0.1, 0.15) is 5.65 Å². The molecule has 4 aromatic rings. The van der Waals surface area contributed by atoms with Crippen LogP contribution in [0.15, 0.2) is 67.5 Å². The number of fused-ring (bicyclic) bond motifs is 1. The second-order valence-electron chi connectivity index (χ2n) is 6.14. The van der Waals surface area contributed by atoms with Gasteiger partial charge < -0.3 is 19.2 Å². The number of nitrogens with zero attached hydrogens (tertiary/aromatic N) is 5. The minimum Gasteiger partial charge on any atom is -0.378 e. The predicted molar refractivity (Wildman–Crippen MR) is 101 cm³/mol. The van der Waals surface area contributed by atoms with Gasteiger partial charge in [-0.2, -0.15) is 0 Å². The molecule has 0 aliphatic rings. The number of hydrogen-bond acceptors (Lipinski definition) is 4. The maximum atomic E-state index is 12.4. The predicted octanol–water partition coefficient (Wildman–Crippen LogP) is 2.84. The number of carbonyl (C=O) groups is 1. The Hall–Kier alpha value is -3.61. The number of hydrogen-bond donors (Lipinski definition) is 1. The van der Waals surface area contributed by atoms with E-state index >= 15 is 0 Å². The molecule has 0 aliphatic heterocycles. The molecule has 1 N–H and O–H groups in total. The molecule has 0 saturated carbocycles. The van der Waals surface area contributed by atoms with Crippen LogP contribution in [0.2, 0.25) is 0 Å². The van der Waals surface area contributed by atoms with Crippen molar-refractivity contribution in [3.05, 3.63) is 73.1 Å². The molecule has 1 aromatic carbocycles. The lowest BCUT2D eigenvalue weighted by Crippen LogP contribution is -2.13. The van der Waals surface area contributed by atoms with E-state index in [0.29, 0.717) is 11.4 Å². The SMILES string of the molecule is CN(C)c1ccc(C(=O)Nc2cn3cc(-n4ccnc4)ccc3n2)cc1. The first-order valence-electron chi connectivity index (χ1n) is 8.16. The zero-order chi connectivity index (χ0) is 18.1. The average molecular weight is 346 g/mol. The van der Waals surface area contributed by atoms with Crippen LogP contribution in [0.25, 0.3) is 11.3 Å². The Morgan fingerprint density at radius 1 is 1.08 bits per heavy atom. The topological polar surface area (TPSA) is 67.5 Å². The summed E-state index contributed by atoms with van der Waals surface area (Å²) < 4.78 is 3.78. The maximum Gasteiger partial charge on any atom is 0.256 e. The Morgan fingerprint density at radius 3 is 2.58 bits per heavy atom. The number of nitrogens with one attached hydrogen (secondary N) is 1. The van der Waals surface area contributed by atoms with Gasteiger partial charge in [-0.1, -0.05) is 0 Å². The first kappa shape index (κ1) is 15.9. The summed E-state index contributed by atoms with van der Waals surface area (Å²) in [6.45, 7) is 0. The summed E-state index contributed by atoms with van der Waals surface area (Å²) in [5.41, 5.74) is 3.35. The largest absolute Gasteiger partial charge is 0.378 e. The molecule has 0 spiro atoms. The summed E-state index contributed by atoms with van der Waals surface area (Å²) in [5, 5.41) is 2.85. The van der Waals surface area contributed by atoms with E-state index in [4.69, 9.17) is 0 Å². The van der Waals surface area contributed by atoms with Crippen LogP contribution in [-0.2, 0) is 0 Å². The smallest absolute Gasteiger partial charge is 0.256 e. The first-order chi connectivity index (χ1) is 12.6. The molecule has 0 fully saturated rings. The van der Waals surface area contributed by atoms with Crippen molar-refractivity contribution in [2.45, 2.75) is 0 Å². The quantitative estimate of drug-likeness (QED) is 0.617. The Balaban J connectivity index is 1.56. The molecule has 0 saturated heterocycles. The second-order valence-corrected chi connectivity index (χ2v) is 6.14. The van der Waals surface area contributed by atoms with Gasteiger partial charge in [-0.3, -0.25) is 4.79 Å². The van der Waals surface area contributed by atoms with Gasteiger partial charge in [0.15, 0.2) is 5.82 Å². The molecule has 0 atom stereocenters. The molecule has 0 unspecified atom stereocenters. The highest BCUT2D eigenvalue weighted by Gasteiger charge is 2.10. The van der Waals surface area contributed by atoms with Crippen LogP contribution in [-0.4, -0.2) is 38.9 Å². The summed E-state index contributed by atoms with van der Waals surface area (Å²) in [5.74, 6) is 0.322. The number of rotatable bonds is 4. The highest BCUT2D eigenvalue weighted by atomic mass is 16.1. The van der Waals surface area contributed by atoms with Crippen molar-refractivity contribution in [1.29, 1.82) is 0 Å². The van der Waals surface area contributed by atoms with Crippen molar-refractivity contribution >= 4 is 23.1 Å². The van der Waals surface area contributed by atoms with Crippen LogP contribution in [0.5, 0.6) is 0 Å². The zero-order valence-corrected chi connectivity index (χ0v) is 14.5. The Morgan fingerprint density at radius 2 is 1.88 bits per heavy atom. The highest BCUT2D eigenvalue weighted by Crippen LogP contribution is 2.16. The third-order valence-corrected chi connectivity index (χ3v) is 4.13.